The van der Waals surface area contributed by atoms with Crippen molar-refractivity contribution in [1.29, 1.82) is 0 Å². The maximum atomic E-state index is 13.3. The second-order valence-corrected chi connectivity index (χ2v) is 8.28. The summed E-state index contributed by atoms with van der Waals surface area (Å²) in [5.41, 5.74) is 1.42. The second-order valence-electron chi connectivity index (χ2n) is 8.28. The number of hydrogen-bond acceptors (Lipinski definition) is 4. The van der Waals surface area contributed by atoms with Crippen LogP contribution in [-0.2, 0) is 0 Å². The van der Waals surface area contributed by atoms with Gasteiger partial charge < -0.3 is 20.1 Å². The van der Waals surface area contributed by atoms with Crippen molar-refractivity contribution in [1.82, 2.24) is 0 Å². The minimum atomic E-state index is -0.436. The SMILES string of the molecule is O=C(Nc1ccccc1Oc1ccccc1)c1ccccc1C(=O)Nc1ccccc1Oc1ccccc1. The zero-order valence-corrected chi connectivity index (χ0v) is 20.3. The third-order valence-corrected chi connectivity index (χ3v) is 5.63. The lowest BCUT2D eigenvalue weighted by atomic mass is 10.1. The summed E-state index contributed by atoms with van der Waals surface area (Å²) >= 11 is 0. The molecule has 2 N–H and O–H groups in total. The highest BCUT2D eigenvalue weighted by atomic mass is 16.5. The van der Waals surface area contributed by atoms with Crippen LogP contribution in [0.2, 0.25) is 0 Å². The number of rotatable bonds is 8. The Morgan fingerprint density at radius 1 is 0.421 bits per heavy atom. The second kappa shape index (κ2) is 11.6. The summed E-state index contributed by atoms with van der Waals surface area (Å²) in [4.78, 5) is 26.7. The van der Waals surface area contributed by atoms with Gasteiger partial charge in [0.05, 0.1) is 22.5 Å². The molecule has 186 valence electrons. The molecule has 0 bridgehead atoms. The first-order chi connectivity index (χ1) is 18.7. The molecule has 0 saturated carbocycles. The average molecular weight is 501 g/mol. The van der Waals surface area contributed by atoms with E-state index in [0.717, 1.165) is 0 Å². The van der Waals surface area contributed by atoms with Gasteiger partial charge in [-0.05, 0) is 60.7 Å². The molecule has 0 spiro atoms. The largest absolute Gasteiger partial charge is 0.455 e. The van der Waals surface area contributed by atoms with Crippen LogP contribution in [0.1, 0.15) is 20.7 Å². The molecule has 0 aliphatic heterocycles. The van der Waals surface area contributed by atoms with E-state index >= 15 is 0 Å². The van der Waals surface area contributed by atoms with E-state index in [-0.39, 0.29) is 11.1 Å². The van der Waals surface area contributed by atoms with Crippen LogP contribution in [0.4, 0.5) is 11.4 Å². The number of nitrogens with one attached hydrogen (secondary N) is 2. The summed E-state index contributed by atoms with van der Waals surface area (Å²) in [5.74, 6) is 1.39. The minimum Gasteiger partial charge on any atom is -0.455 e. The molecule has 0 fully saturated rings. The Morgan fingerprint density at radius 3 is 1.18 bits per heavy atom. The van der Waals surface area contributed by atoms with Crippen molar-refractivity contribution in [3.05, 3.63) is 145 Å². The van der Waals surface area contributed by atoms with Crippen molar-refractivity contribution in [2.75, 3.05) is 10.6 Å². The van der Waals surface area contributed by atoms with Gasteiger partial charge in [0.2, 0.25) is 0 Å². The van der Waals surface area contributed by atoms with Gasteiger partial charge in [-0.2, -0.15) is 0 Å². The first kappa shape index (κ1) is 24.3. The zero-order chi connectivity index (χ0) is 26.2. The van der Waals surface area contributed by atoms with Gasteiger partial charge in [-0.15, -0.1) is 0 Å². The smallest absolute Gasteiger partial charge is 0.256 e. The van der Waals surface area contributed by atoms with Crippen molar-refractivity contribution in [3.63, 3.8) is 0 Å². The van der Waals surface area contributed by atoms with Gasteiger partial charge in [-0.25, -0.2) is 0 Å². The van der Waals surface area contributed by atoms with E-state index in [0.29, 0.717) is 34.4 Å². The topological polar surface area (TPSA) is 76.7 Å². The zero-order valence-electron chi connectivity index (χ0n) is 20.3. The van der Waals surface area contributed by atoms with E-state index in [1.54, 1.807) is 60.7 Å². The maximum Gasteiger partial charge on any atom is 0.256 e. The molecule has 0 heterocycles. The van der Waals surface area contributed by atoms with Crippen molar-refractivity contribution < 1.29 is 19.1 Å². The molecule has 5 rings (SSSR count). The molecular formula is C32H24N2O4. The van der Waals surface area contributed by atoms with Crippen LogP contribution in [0.3, 0.4) is 0 Å². The van der Waals surface area contributed by atoms with Crippen LogP contribution >= 0.6 is 0 Å². The van der Waals surface area contributed by atoms with E-state index in [4.69, 9.17) is 9.47 Å². The number of benzene rings is 5. The predicted octanol–water partition coefficient (Wildman–Crippen LogP) is 7.78. The standard InChI is InChI=1S/C32H24N2O4/c35-31(33-27-19-9-11-21-29(27)37-23-13-3-1-4-14-23)25-17-7-8-18-26(25)32(36)34-28-20-10-12-22-30(28)38-24-15-5-2-6-16-24/h1-22H,(H,33,35)(H,34,36). The van der Waals surface area contributed by atoms with Gasteiger partial charge in [0.25, 0.3) is 11.8 Å². The van der Waals surface area contributed by atoms with Gasteiger partial charge in [0, 0.05) is 0 Å². The summed E-state index contributed by atoms with van der Waals surface area (Å²) in [7, 11) is 0. The minimum absolute atomic E-state index is 0.223. The summed E-state index contributed by atoms with van der Waals surface area (Å²) in [5, 5.41) is 5.76. The number of para-hydroxylation sites is 6. The summed E-state index contributed by atoms with van der Waals surface area (Å²) in [6, 6.07) is 39.5. The molecule has 5 aromatic carbocycles. The molecule has 0 unspecified atom stereocenters. The lowest BCUT2D eigenvalue weighted by molar-refractivity contribution is 0.0990. The van der Waals surface area contributed by atoms with Gasteiger partial charge in [-0.3, -0.25) is 9.59 Å². The Kier molecular flexibility index (Phi) is 7.42. The van der Waals surface area contributed by atoms with Crippen LogP contribution in [0.5, 0.6) is 23.0 Å². The molecule has 6 nitrogen and oxygen atoms in total. The average Bonchev–Trinajstić information content (AvgIpc) is 2.96. The molecule has 0 aliphatic rings. The van der Waals surface area contributed by atoms with Gasteiger partial charge in [0.15, 0.2) is 11.5 Å². The molecule has 5 aromatic rings. The Balaban J connectivity index is 1.36. The molecule has 0 aromatic heterocycles. The first-order valence-corrected chi connectivity index (χ1v) is 12.0. The quantitative estimate of drug-likeness (QED) is 0.228. The Hall–Kier alpha value is -5.36. The summed E-state index contributed by atoms with van der Waals surface area (Å²) < 4.78 is 11.9. The van der Waals surface area contributed by atoms with Gasteiger partial charge >= 0.3 is 0 Å². The fourth-order valence-electron chi connectivity index (χ4n) is 3.81. The van der Waals surface area contributed by atoms with Crippen LogP contribution in [0, 0.1) is 0 Å². The van der Waals surface area contributed by atoms with Crippen LogP contribution in [-0.4, -0.2) is 11.8 Å². The predicted molar refractivity (Wildman–Crippen MR) is 148 cm³/mol. The third kappa shape index (κ3) is 5.88. The van der Waals surface area contributed by atoms with E-state index < -0.39 is 11.8 Å². The lowest BCUT2D eigenvalue weighted by Gasteiger charge is -2.15. The maximum absolute atomic E-state index is 13.3. The molecule has 6 heteroatoms. The van der Waals surface area contributed by atoms with E-state index in [2.05, 4.69) is 10.6 Å². The monoisotopic (exact) mass is 500 g/mol. The highest BCUT2D eigenvalue weighted by molar-refractivity contribution is 6.15. The van der Waals surface area contributed by atoms with Crippen LogP contribution in [0.25, 0.3) is 0 Å². The number of hydrogen-bond donors (Lipinski definition) is 2. The third-order valence-electron chi connectivity index (χ3n) is 5.63. The van der Waals surface area contributed by atoms with Crippen molar-refractivity contribution >= 4 is 23.2 Å². The molecule has 2 amide bonds. The molecule has 0 saturated heterocycles. The number of amides is 2. The molecular weight excluding hydrogens is 476 g/mol. The van der Waals surface area contributed by atoms with E-state index in [9.17, 15) is 9.59 Å². The lowest BCUT2D eigenvalue weighted by Crippen LogP contribution is -2.20. The van der Waals surface area contributed by atoms with Crippen molar-refractivity contribution in [2.24, 2.45) is 0 Å². The molecule has 0 aliphatic carbocycles. The molecule has 0 atom stereocenters. The highest BCUT2D eigenvalue weighted by Crippen LogP contribution is 2.31. The number of anilines is 2. The Morgan fingerprint density at radius 2 is 0.763 bits per heavy atom. The fraction of sp³-hybridized carbons (Fsp3) is 0. The van der Waals surface area contributed by atoms with Crippen LogP contribution < -0.4 is 20.1 Å². The Bertz CT molecular complexity index is 1430. The molecule has 38 heavy (non-hydrogen) atoms. The number of carbonyl (C=O) groups is 2. The van der Waals surface area contributed by atoms with Crippen LogP contribution in [0.15, 0.2) is 133 Å². The van der Waals surface area contributed by atoms with Gasteiger partial charge in [0.1, 0.15) is 11.5 Å². The van der Waals surface area contributed by atoms with E-state index in [1.807, 2.05) is 72.8 Å². The summed E-state index contributed by atoms with van der Waals surface area (Å²) in [6.45, 7) is 0. The fourth-order valence-corrected chi connectivity index (χ4v) is 3.81. The Labute approximate surface area is 220 Å². The van der Waals surface area contributed by atoms with Crippen molar-refractivity contribution in [2.45, 2.75) is 0 Å². The summed E-state index contributed by atoms with van der Waals surface area (Å²) in [6.07, 6.45) is 0. The highest BCUT2D eigenvalue weighted by Gasteiger charge is 2.19. The van der Waals surface area contributed by atoms with Crippen molar-refractivity contribution in [3.8, 4) is 23.0 Å². The normalized spacial score (nSPS) is 10.3. The van der Waals surface area contributed by atoms with Gasteiger partial charge in [-0.1, -0.05) is 72.8 Å². The number of carbonyl (C=O) groups excluding carboxylic acids is 2. The molecule has 0 radical (unpaired) electrons. The van der Waals surface area contributed by atoms with E-state index in [1.165, 1.54) is 0 Å². The first-order valence-electron chi connectivity index (χ1n) is 12.0. The number of ether oxygens (including phenoxy) is 2.